The first-order chi connectivity index (χ1) is 22.9. The van der Waals surface area contributed by atoms with Crippen LogP contribution < -0.4 is 20.7 Å². The standard InChI is InChI=1S/C38H34N2O7/c1-44-31-19-15-29(16-20-31)38(28-11-7-4-8-12-28,30-17-21-32(45-2)22-18-30)46-25-34-33(41)23-35(47-34)40-24-27(36(42)39-37(40)43)14-13-26-9-5-3-6-10-26/h3-12,15-22,24,33-35,41H,23,25H2,1-2H3,(H,39,42,43)/t33-,34+,35+/m0/s1. The molecule has 0 spiro atoms. The van der Waals surface area contributed by atoms with Gasteiger partial charge < -0.3 is 24.1 Å². The van der Waals surface area contributed by atoms with Gasteiger partial charge in [0.2, 0.25) is 0 Å². The molecule has 1 aliphatic rings. The quantitative estimate of drug-likeness (QED) is 0.181. The second-order valence-corrected chi connectivity index (χ2v) is 11.1. The Bertz CT molecular complexity index is 1930. The summed E-state index contributed by atoms with van der Waals surface area (Å²) in [5.74, 6) is 7.18. The molecule has 2 heterocycles. The molecule has 1 fully saturated rings. The Kier molecular flexibility index (Phi) is 9.36. The van der Waals surface area contributed by atoms with Crippen molar-refractivity contribution in [3.63, 3.8) is 0 Å². The van der Waals surface area contributed by atoms with E-state index in [1.54, 1.807) is 14.2 Å². The van der Waals surface area contributed by atoms with Gasteiger partial charge in [-0.2, -0.15) is 0 Å². The lowest BCUT2D eigenvalue weighted by molar-refractivity contribution is -0.0944. The van der Waals surface area contributed by atoms with Crippen LogP contribution in [0, 0.1) is 11.8 Å². The highest BCUT2D eigenvalue weighted by Crippen LogP contribution is 2.42. The molecule has 4 aromatic carbocycles. The van der Waals surface area contributed by atoms with Crippen LogP contribution in [0.3, 0.4) is 0 Å². The lowest BCUT2D eigenvalue weighted by atomic mass is 9.80. The van der Waals surface area contributed by atoms with Gasteiger partial charge in [0, 0.05) is 18.2 Å². The van der Waals surface area contributed by atoms with Crippen molar-refractivity contribution in [2.45, 2.75) is 30.5 Å². The number of nitrogens with one attached hydrogen (secondary N) is 1. The van der Waals surface area contributed by atoms with Crippen molar-refractivity contribution in [2.75, 3.05) is 20.8 Å². The molecule has 47 heavy (non-hydrogen) atoms. The number of ether oxygens (including phenoxy) is 4. The number of aliphatic hydroxyl groups is 1. The first-order valence-electron chi connectivity index (χ1n) is 15.2. The molecule has 0 radical (unpaired) electrons. The number of rotatable bonds is 9. The fourth-order valence-corrected chi connectivity index (χ4v) is 5.77. The van der Waals surface area contributed by atoms with E-state index in [1.165, 1.54) is 10.8 Å². The largest absolute Gasteiger partial charge is 0.497 e. The highest BCUT2D eigenvalue weighted by atomic mass is 16.6. The minimum atomic E-state index is -1.12. The zero-order chi connectivity index (χ0) is 32.8. The van der Waals surface area contributed by atoms with E-state index < -0.39 is 35.3 Å². The van der Waals surface area contributed by atoms with Crippen LogP contribution in [-0.4, -0.2) is 47.7 Å². The maximum atomic E-state index is 12.9. The molecule has 0 amide bonds. The highest BCUT2D eigenvalue weighted by molar-refractivity contribution is 5.50. The fraction of sp³-hybridized carbons (Fsp3) is 0.211. The van der Waals surface area contributed by atoms with Crippen LogP contribution in [0.25, 0.3) is 0 Å². The van der Waals surface area contributed by atoms with Gasteiger partial charge in [-0.15, -0.1) is 0 Å². The number of hydrogen-bond acceptors (Lipinski definition) is 7. The van der Waals surface area contributed by atoms with E-state index in [0.29, 0.717) is 11.5 Å². The van der Waals surface area contributed by atoms with Gasteiger partial charge in [-0.05, 0) is 53.1 Å². The average Bonchev–Trinajstić information content (AvgIpc) is 3.49. The highest BCUT2D eigenvalue weighted by Gasteiger charge is 2.42. The molecular formula is C38H34N2O7. The van der Waals surface area contributed by atoms with Crippen molar-refractivity contribution in [1.82, 2.24) is 9.55 Å². The third kappa shape index (κ3) is 6.62. The molecule has 3 atom stereocenters. The molecule has 1 aromatic heterocycles. The summed E-state index contributed by atoms with van der Waals surface area (Å²) >= 11 is 0. The molecule has 9 nitrogen and oxygen atoms in total. The molecule has 0 unspecified atom stereocenters. The Morgan fingerprint density at radius 1 is 0.809 bits per heavy atom. The maximum absolute atomic E-state index is 12.9. The van der Waals surface area contributed by atoms with E-state index in [1.807, 2.05) is 109 Å². The lowest BCUT2D eigenvalue weighted by Gasteiger charge is -2.37. The van der Waals surface area contributed by atoms with Gasteiger partial charge in [-0.25, -0.2) is 4.79 Å². The minimum absolute atomic E-state index is 0.0244. The second-order valence-electron chi connectivity index (χ2n) is 11.1. The van der Waals surface area contributed by atoms with Crippen molar-refractivity contribution in [2.24, 2.45) is 0 Å². The Hall–Kier alpha value is -5.40. The van der Waals surface area contributed by atoms with Crippen LogP contribution in [0.4, 0.5) is 0 Å². The molecule has 5 aromatic rings. The smallest absolute Gasteiger partial charge is 0.330 e. The molecular weight excluding hydrogens is 596 g/mol. The number of hydrogen-bond donors (Lipinski definition) is 2. The summed E-state index contributed by atoms with van der Waals surface area (Å²) in [4.78, 5) is 27.8. The third-order valence-corrected chi connectivity index (χ3v) is 8.24. The predicted octanol–water partition coefficient (Wildman–Crippen LogP) is 4.61. The Morgan fingerprint density at radius 3 is 1.94 bits per heavy atom. The van der Waals surface area contributed by atoms with Crippen molar-refractivity contribution >= 4 is 0 Å². The van der Waals surface area contributed by atoms with E-state index in [2.05, 4.69) is 16.8 Å². The summed E-state index contributed by atoms with van der Waals surface area (Å²) in [6, 6.07) is 34.3. The summed E-state index contributed by atoms with van der Waals surface area (Å²) in [6.45, 7) is -0.0244. The average molecular weight is 631 g/mol. The van der Waals surface area contributed by atoms with E-state index >= 15 is 0 Å². The molecule has 1 saturated heterocycles. The summed E-state index contributed by atoms with van der Waals surface area (Å²) in [7, 11) is 3.22. The van der Waals surface area contributed by atoms with Crippen molar-refractivity contribution in [3.05, 3.63) is 164 Å². The predicted molar refractivity (Wildman–Crippen MR) is 177 cm³/mol. The van der Waals surface area contributed by atoms with E-state index in [0.717, 1.165) is 22.3 Å². The number of methoxy groups -OCH3 is 2. The van der Waals surface area contributed by atoms with Crippen molar-refractivity contribution < 1.29 is 24.1 Å². The van der Waals surface area contributed by atoms with Crippen molar-refractivity contribution in [3.8, 4) is 23.3 Å². The summed E-state index contributed by atoms with van der Waals surface area (Å²) < 4.78 is 25.3. The molecule has 0 bridgehead atoms. The van der Waals surface area contributed by atoms with Crippen LogP contribution in [0.15, 0.2) is 125 Å². The topological polar surface area (TPSA) is 112 Å². The summed E-state index contributed by atoms with van der Waals surface area (Å²) in [6.07, 6.45) is -1.13. The van der Waals surface area contributed by atoms with Crippen LogP contribution in [0.5, 0.6) is 11.5 Å². The number of aromatic amines is 1. The van der Waals surface area contributed by atoms with E-state index in [4.69, 9.17) is 18.9 Å². The monoisotopic (exact) mass is 630 g/mol. The van der Waals surface area contributed by atoms with Crippen LogP contribution >= 0.6 is 0 Å². The van der Waals surface area contributed by atoms with E-state index in [-0.39, 0.29) is 18.6 Å². The number of aromatic nitrogens is 2. The SMILES string of the molecule is COc1ccc(C(OC[C@H]2O[C@@H](n3cc(C#Cc4ccccc4)c(=O)[nH]c3=O)C[C@@H]2O)(c2ccccc2)c2ccc(OC)cc2)cc1. The first-order valence-corrected chi connectivity index (χ1v) is 15.2. The molecule has 2 N–H and O–H groups in total. The number of aliphatic hydroxyl groups excluding tert-OH is 1. The number of benzene rings is 4. The van der Waals surface area contributed by atoms with Gasteiger partial charge >= 0.3 is 5.69 Å². The minimum Gasteiger partial charge on any atom is -0.497 e. The molecule has 238 valence electrons. The van der Waals surface area contributed by atoms with Crippen LogP contribution in [-0.2, 0) is 15.1 Å². The molecule has 0 saturated carbocycles. The second kappa shape index (κ2) is 13.9. The van der Waals surface area contributed by atoms with Gasteiger partial charge in [-0.1, -0.05) is 84.6 Å². The molecule has 6 rings (SSSR count). The van der Waals surface area contributed by atoms with Gasteiger partial charge in [0.1, 0.15) is 35.0 Å². The lowest BCUT2D eigenvalue weighted by Crippen LogP contribution is -2.38. The number of nitrogens with zero attached hydrogens (tertiary/aromatic N) is 1. The maximum Gasteiger partial charge on any atom is 0.330 e. The summed E-state index contributed by atoms with van der Waals surface area (Å²) in [5, 5.41) is 11.2. The fourth-order valence-electron chi connectivity index (χ4n) is 5.77. The van der Waals surface area contributed by atoms with E-state index in [9.17, 15) is 14.7 Å². The zero-order valence-electron chi connectivity index (χ0n) is 26.0. The van der Waals surface area contributed by atoms with Gasteiger partial charge in [0.05, 0.1) is 26.9 Å². The van der Waals surface area contributed by atoms with Crippen LogP contribution in [0.2, 0.25) is 0 Å². The normalized spacial score (nSPS) is 17.5. The van der Waals surface area contributed by atoms with Gasteiger partial charge in [0.15, 0.2) is 0 Å². The zero-order valence-corrected chi connectivity index (χ0v) is 26.0. The Morgan fingerprint density at radius 2 is 1.36 bits per heavy atom. The van der Waals surface area contributed by atoms with Gasteiger partial charge in [0.25, 0.3) is 5.56 Å². The third-order valence-electron chi connectivity index (χ3n) is 8.24. The number of H-pyrrole nitrogens is 1. The van der Waals surface area contributed by atoms with Gasteiger partial charge in [-0.3, -0.25) is 14.3 Å². The first kappa shape index (κ1) is 31.6. The molecule has 1 aliphatic heterocycles. The summed E-state index contributed by atoms with van der Waals surface area (Å²) in [5.41, 5.74) is 0.982. The molecule has 9 heteroatoms. The van der Waals surface area contributed by atoms with Crippen molar-refractivity contribution in [1.29, 1.82) is 0 Å². The molecule has 0 aliphatic carbocycles. The Balaban J connectivity index is 1.33. The van der Waals surface area contributed by atoms with Crippen LogP contribution in [0.1, 0.15) is 40.5 Å². The Labute approximate surface area is 272 Å².